The number of hydrogen-bond acceptors (Lipinski definition) is 2. The highest BCUT2D eigenvalue weighted by atomic mass is 35.5. The summed E-state index contributed by atoms with van der Waals surface area (Å²) in [5, 5.41) is 0.221. The molecular weight excluding hydrogens is 122 g/mol. The first-order valence-electron chi connectivity index (χ1n) is 2.02. The highest BCUT2D eigenvalue weighted by Crippen LogP contribution is 1.90. The fourth-order valence-electron chi connectivity index (χ4n) is 0.322. The minimum atomic E-state index is 0.221. The molecule has 0 saturated carbocycles. The molecule has 38 valence electrons. The maximum atomic E-state index is 5.33. The number of halogens is 1. The Hall–Kier alpha value is -0.565. The SMILES string of the molecule is [B]c1cnc(Cl)nc1. The lowest BCUT2D eigenvalue weighted by Crippen LogP contribution is -2.03. The van der Waals surface area contributed by atoms with E-state index >= 15 is 0 Å². The average Bonchev–Trinajstić information content (AvgIpc) is 1.77. The molecule has 0 unspecified atom stereocenters. The molecule has 0 aliphatic heterocycles. The first kappa shape index (κ1) is 5.57. The number of hydrogen-bond donors (Lipinski definition) is 0. The van der Waals surface area contributed by atoms with Crippen LogP contribution < -0.4 is 5.46 Å². The fraction of sp³-hybridized carbons (Fsp3) is 0. The Morgan fingerprint density at radius 1 is 1.38 bits per heavy atom. The summed E-state index contributed by atoms with van der Waals surface area (Å²) in [6.07, 6.45) is 2.91. The van der Waals surface area contributed by atoms with E-state index in [1.54, 1.807) is 0 Å². The van der Waals surface area contributed by atoms with E-state index in [1.807, 2.05) is 0 Å². The first-order valence-corrected chi connectivity index (χ1v) is 2.40. The van der Waals surface area contributed by atoms with Crippen molar-refractivity contribution in [2.75, 3.05) is 0 Å². The van der Waals surface area contributed by atoms with Crippen LogP contribution in [0.3, 0.4) is 0 Å². The minimum Gasteiger partial charge on any atom is -0.227 e. The van der Waals surface area contributed by atoms with Gasteiger partial charge in [-0.3, -0.25) is 0 Å². The lowest BCUT2D eigenvalue weighted by Gasteiger charge is -1.86. The molecule has 0 spiro atoms. The Morgan fingerprint density at radius 2 is 1.88 bits per heavy atom. The van der Waals surface area contributed by atoms with E-state index in [0.29, 0.717) is 5.46 Å². The lowest BCUT2D eigenvalue weighted by molar-refractivity contribution is 1.19. The van der Waals surface area contributed by atoms with E-state index in [9.17, 15) is 0 Å². The number of aromatic nitrogens is 2. The van der Waals surface area contributed by atoms with Gasteiger partial charge in [-0.05, 0) is 11.6 Å². The van der Waals surface area contributed by atoms with Crippen LogP contribution >= 0.6 is 11.6 Å². The molecule has 0 N–H and O–H groups in total. The summed E-state index contributed by atoms with van der Waals surface area (Å²) in [6, 6.07) is 0. The molecule has 0 aliphatic carbocycles. The summed E-state index contributed by atoms with van der Waals surface area (Å²) in [4.78, 5) is 7.22. The summed E-state index contributed by atoms with van der Waals surface area (Å²) in [7, 11) is 5.24. The predicted molar refractivity (Wildman–Crippen MR) is 32.4 cm³/mol. The average molecular weight is 124 g/mol. The lowest BCUT2D eigenvalue weighted by atomic mass is 10.0. The normalized spacial score (nSPS) is 9.12. The van der Waals surface area contributed by atoms with Gasteiger partial charge >= 0.3 is 0 Å². The second-order valence-corrected chi connectivity index (χ2v) is 1.62. The van der Waals surface area contributed by atoms with Crippen molar-refractivity contribution in [3.63, 3.8) is 0 Å². The van der Waals surface area contributed by atoms with Crippen LogP contribution in [0.4, 0.5) is 0 Å². The van der Waals surface area contributed by atoms with Gasteiger partial charge in [0, 0.05) is 12.4 Å². The van der Waals surface area contributed by atoms with Gasteiger partial charge in [-0.25, -0.2) is 9.97 Å². The summed E-state index contributed by atoms with van der Waals surface area (Å²) >= 11 is 5.33. The molecule has 0 atom stereocenters. The largest absolute Gasteiger partial charge is 0.227 e. The van der Waals surface area contributed by atoms with Crippen molar-refractivity contribution in [1.29, 1.82) is 0 Å². The minimum absolute atomic E-state index is 0.221. The molecule has 1 heterocycles. The van der Waals surface area contributed by atoms with Crippen LogP contribution in [0.5, 0.6) is 0 Å². The Labute approximate surface area is 53.3 Å². The Kier molecular flexibility index (Phi) is 1.49. The molecule has 0 bridgehead atoms. The quantitative estimate of drug-likeness (QED) is 0.357. The van der Waals surface area contributed by atoms with E-state index in [0.717, 1.165) is 0 Å². The monoisotopic (exact) mass is 124 g/mol. The third-order valence-electron chi connectivity index (χ3n) is 0.640. The Morgan fingerprint density at radius 3 is 2.25 bits per heavy atom. The van der Waals surface area contributed by atoms with Crippen LogP contribution in [0.15, 0.2) is 12.4 Å². The second-order valence-electron chi connectivity index (χ2n) is 1.29. The molecule has 2 nitrogen and oxygen atoms in total. The molecule has 2 radical (unpaired) electrons. The Balaban J connectivity index is 3.03. The topological polar surface area (TPSA) is 25.8 Å². The van der Waals surface area contributed by atoms with Crippen LogP contribution in [-0.4, -0.2) is 17.8 Å². The first-order chi connectivity index (χ1) is 3.79. The maximum Gasteiger partial charge on any atom is 0.222 e. The molecule has 0 aromatic carbocycles. The third kappa shape index (κ3) is 1.20. The molecule has 1 aromatic rings. The van der Waals surface area contributed by atoms with E-state index in [2.05, 4.69) is 9.97 Å². The van der Waals surface area contributed by atoms with Gasteiger partial charge in [0.2, 0.25) is 5.28 Å². The van der Waals surface area contributed by atoms with Gasteiger partial charge in [0.05, 0.1) is 0 Å². The van der Waals surface area contributed by atoms with Crippen molar-refractivity contribution in [3.05, 3.63) is 17.7 Å². The van der Waals surface area contributed by atoms with Crippen molar-refractivity contribution in [2.45, 2.75) is 0 Å². The van der Waals surface area contributed by atoms with Crippen LogP contribution in [0, 0.1) is 0 Å². The molecule has 0 amide bonds. The molecule has 0 saturated heterocycles. The molecule has 4 heteroatoms. The molecule has 0 fully saturated rings. The zero-order chi connectivity index (χ0) is 5.98. The summed E-state index contributed by atoms with van der Waals surface area (Å²) in [5.74, 6) is 0. The van der Waals surface area contributed by atoms with Crippen molar-refractivity contribution in [1.82, 2.24) is 9.97 Å². The van der Waals surface area contributed by atoms with Gasteiger partial charge in [-0.1, -0.05) is 5.46 Å². The van der Waals surface area contributed by atoms with Crippen LogP contribution in [0.1, 0.15) is 0 Å². The van der Waals surface area contributed by atoms with Gasteiger partial charge in [-0.2, -0.15) is 0 Å². The van der Waals surface area contributed by atoms with Crippen LogP contribution in [-0.2, 0) is 0 Å². The highest BCUT2D eigenvalue weighted by Gasteiger charge is 1.84. The summed E-state index contributed by atoms with van der Waals surface area (Å²) in [5.41, 5.74) is 0.523. The van der Waals surface area contributed by atoms with Crippen molar-refractivity contribution in [3.8, 4) is 0 Å². The highest BCUT2D eigenvalue weighted by molar-refractivity contribution is 6.32. The Bertz CT molecular complexity index is 153. The van der Waals surface area contributed by atoms with Gasteiger partial charge in [0.25, 0.3) is 0 Å². The smallest absolute Gasteiger partial charge is 0.222 e. The van der Waals surface area contributed by atoms with E-state index < -0.39 is 0 Å². The van der Waals surface area contributed by atoms with Crippen LogP contribution in [0.25, 0.3) is 0 Å². The van der Waals surface area contributed by atoms with Crippen molar-refractivity contribution in [2.24, 2.45) is 0 Å². The third-order valence-corrected chi connectivity index (χ3v) is 0.835. The van der Waals surface area contributed by atoms with Crippen molar-refractivity contribution >= 4 is 24.9 Å². The van der Waals surface area contributed by atoms with Gasteiger partial charge in [-0.15, -0.1) is 0 Å². The number of nitrogens with zero attached hydrogens (tertiary/aromatic N) is 2. The standard InChI is InChI=1S/C4H2BClN2/c5-3-1-7-4(6)8-2-3/h1-2H. The zero-order valence-corrected chi connectivity index (χ0v) is 4.76. The molecule has 0 aliphatic rings. The van der Waals surface area contributed by atoms with Gasteiger partial charge in [0.15, 0.2) is 0 Å². The van der Waals surface area contributed by atoms with E-state index in [4.69, 9.17) is 19.4 Å². The van der Waals surface area contributed by atoms with Gasteiger partial charge in [0.1, 0.15) is 7.85 Å². The maximum absolute atomic E-state index is 5.33. The van der Waals surface area contributed by atoms with Crippen molar-refractivity contribution < 1.29 is 0 Å². The second kappa shape index (κ2) is 2.14. The number of rotatable bonds is 0. The predicted octanol–water partition coefficient (Wildman–Crippen LogP) is -0.0762. The molecule has 1 aromatic heterocycles. The fourth-order valence-corrected chi connectivity index (χ4v) is 0.420. The van der Waals surface area contributed by atoms with Gasteiger partial charge < -0.3 is 0 Å². The molecule has 8 heavy (non-hydrogen) atoms. The molecule has 1 rings (SSSR count). The summed E-state index contributed by atoms with van der Waals surface area (Å²) in [6.45, 7) is 0. The summed E-state index contributed by atoms with van der Waals surface area (Å²) < 4.78 is 0. The zero-order valence-electron chi connectivity index (χ0n) is 4.00. The van der Waals surface area contributed by atoms with E-state index in [1.165, 1.54) is 12.4 Å². The van der Waals surface area contributed by atoms with E-state index in [-0.39, 0.29) is 5.28 Å². The van der Waals surface area contributed by atoms with Crippen LogP contribution in [0.2, 0.25) is 5.28 Å². The molecular formula is C4H2BClN2.